The number of aromatic nitrogens is 1. The molecule has 0 aliphatic heterocycles. The van der Waals surface area contributed by atoms with E-state index in [-0.39, 0.29) is 16.9 Å². The van der Waals surface area contributed by atoms with Crippen LogP contribution in [0.3, 0.4) is 0 Å². The molecule has 0 saturated carbocycles. The third kappa shape index (κ3) is 4.60. The first kappa shape index (κ1) is 18.8. The monoisotopic (exact) mass is 424 g/mol. The second-order valence-electron chi connectivity index (χ2n) is 6.07. The van der Waals surface area contributed by atoms with E-state index in [2.05, 4.69) is 21.2 Å². The number of rotatable bonds is 5. The number of nitrogens with zero attached hydrogens (tertiary/aromatic N) is 1. The Morgan fingerprint density at radius 1 is 1.04 bits per heavy atom. The van der Waals surface area contributed by atoms with Crippen molar-refractivity contribution in [1.29, 1.82) is 0 Å². The van der Waals surface area contributed by atoms with E-state index in [1.54, 1.807) is 36.5 Å². The predicted octanol–water partition coefficient (Wildman–Crippen LogP) is 4.11. The number of Topliss-reactive ketones (excluding diaryl/α,β-unsaturated/α-hetero) is 1. The summed E-state index contributed by atoms with van der Waals surface area (Å²) in [5, 5.41) is 2.68. The normalized spacial score (nSPS) is 10.4. The van der Waals surface area contributed by atoms with Crippen LogP contribution in [-0.4, -0.2) is 16.3 Å². The minimum absolute atomic E-state index is 0.0443. The van der Waals surface area contributed by atoms with Crippen LogP contribution in [0.5, 0.6) is 0 Å². The fourth-order valence-corrected chi connectivity index (χ4v) is 2.90. The van der Waals surface area contributed by atoms with Crippen LogP contribution in [0.2, 0.25) is 0 Å². The van der Waals surface area contributed by atoms with Gasteiger partial charge >= 0.3 is 0 Å². The maximum atomic E-state index is 12.7. The van der Waals surface area contributed by atoms with Crippen molar-refractivity contribution >= 4 is 33.3 Å². The lowest BCUT2D eigenvalue weighted by Gasteiger charge is -2.09. The summed E-state index contributed by atoms with van der Waals surface area (Å²) in [5.74, 6) is -0.603. The SMILES string of the molecule is CC(=O)c1cccc(NC(=O)c2cccn(Cc3ccc(Br)cc3)c2=O)c1. The van der Waals surface area contributed by atoms with Crippen molar-refractivity contribution in [3.05, 3.63) is 98.4 Å². The summed E-state index contributed by atoms with van der Waals surface area (Å²) in [6.45, 7) is 1.83. The standard InChI is InChI=1S/C21H17BrN2O3/c1-14(25)16-4-2-5-18(12-16)23-20(26)19-6-3-11-24(21(19)27)13-15-7-9-17(22)10-8-15/h2-12H,13H2,1H3,(H,23,26). The highest BCUT2D eigenvalue weighted by Gasteiger charge is 2.13. The lowest BCUT2D eigenvalue weighted by Crippen LogP contribution is -2.29. The number of carbonyl (C=O) groups excluding carboxylic acids is 2. The Bertz CT molecular complexity index is 1060. The van der Waals surface area contributed by atoms with E-state index in [0.29, 0.717) is 17.8 Å². The van der Waals surface area contributed by atoms with Crippen molar-refractivity contribution in [1.82, 2.24) is 4.57 Å². The van der Waals surface area contributed by atoms with Gasteiger partial charge < -0.3 is 9.88 Å². The molecule has 0 spiro atoms. The zero-order chi connectivity index (χ0) is 19.4. The van der Waals surface area contributed by atoms with E-state index in [9.17, 15) is 14.4 Å². The Kier molecular flexibility index (Phi) is 5.66. The molecule has 136 valence electrons. The number of amides is 1. The molecule has 27 heavy (non-hydrogen) atoms. The summed E-state index contributed by atoms with van der Waals surface area (Å²) in [6.07, 6.45) is 1.65. The number of halogens is 1. The Hall–Kier alpha value is -2.99. The number of pyridine rings is 1. The summed E-state index contributed by atoms with van der Waals surface area (Å²) >= 11 is 3.38. The fourth-order valence-electron chi connectivity index (χ4n) is 2.64. The molecule has 0 unspecified atom stereocenters. The molecule has 0 saturated heterocycles. The van der Waals surface area contributed by atoms with Crippen LogP contribution in [0.1, 0.15) is 33.2 Å². The largest absolute Gasteiger partial charge is 0.322 e. The highest BCUT2D eigenvalue weighted by atomic mass is 79.9. The van der Waals surface area contributed by atoms with E-state index in [1.165, 1.54) is 17.6 Å². The molecule has 1 heterocycles. The third-order valence-electron chi connectivity index (χ3n) is 4.06. The molecule has 0 aliphatic carbocycles. The number of hydrogen-bond donors (Lipinski definition) is 1. The Morgan fingerprint density at radius 2 is 1.78 bits per heavy atom. The molecule has 1 amide bonds. The zero-order valence-electron chi connectivity index (χ0n) is 14.6. The number of nitrogens with one attached hydrogen (secondary N) is 1. The number of anilines is 1. The number of carbonyl (C=O) groups is 2. The summed E-state index contributed by atoms with van der Waals surface area (Å²) in [5.41, 5.74) is 1.58. The van der Waals surface area contributed by atoms with Crippen LogP contribution in [0.25, 0.3) is 0 Å². The highest BCUT2D eigenvalue weighted by Crippen LogP contribution is 2.13. The van der Waals surface area contributed by atoms with Gasteiger partial charge in [0.15, 0.2) is 5.78 Å². The minimum Gasteiger partial charge on any atom is -0.322 e. The van der Waals surface area contributed by atoms with E-state index in [0.717, 1.165) is 10.0 Å². The van der Waals surface area contributed by atoms with Crippen LogP contribution < -0.4 is 10.9 Å². The van der Waals surface area contributed by atoms with E-state index < -0.39 is 5.91 Å². The average Bonchev–Trinajstić information content (AvgIpc) is 2.65. The van der Waals surface area contributed by atoms with Gasteiger partial charge in [-0.25, -0.2) is 0 Å². The molecule has 3 aromatic rings. The first-order valence-electron chi connectivity index (χ1n) is 8.30. The molecule has 5 nitrogen and oxygen atoms in total. The van der Waals surface area contributed by atoms with Gasteiger partial charge in [0.05, 0.1) is 6.54 Å². The van der Waals surface area contributed by atoms with Gasteiger partial charge in [0.1, 0.15) is 5.56 Å². The first-order chi connectivity index (χ1) is 12.9. The number of benzene rings is 2. The summed E-state index contributed by atoms with van der Waals surface area (Å²) in [4.78, 5) is 36.7. The van der Waals surface area contributed by atoms with Crippen molar-refractivity contribution in [2.24, 2.45) is 0 Å². The van der Waals surface area contributed by atoms with Gasteiger partial charge in [-0.1, -0.05) is 40.2 Å². The predicted molar refractivity (Wildman–Crippen MR) is 108 cm³/mol. The Labute approximate surface area is 164 Å². The smallest absolute Gasteiger partial charge is 0.263 e. The molecule has 2 aromatic carbocycles. The second kappa shape index (κ2) is 8.14. The van der Waals surface area contributed by atoms with Crippen LogP contribution >= 0.6 is 15.9 Å². The molecule has 6 heteroatoms. The number of hydrogen-bond acceptors (Lipinski definition) is 3. The average molecular weight is 425 g/mol. The van der Waals surface area contributed by atoms with Crippen molar-refractivity contribution in [3.8, 4) is 0 Å². The Balaban J connectivity index is 1.83. The maximum Gasteiger partial charge on any atom is 0.263 e. The molecule has 3 rings (SSSR count). The minimum atomic E-state index is -0.508. The molecule has 0 bridgehead atoms. The second-order valence-corrected chi connectivity index (χ2v) is 6.99. The van der Waals surface area contributed by atoms with Gasteiger partial charge in [0.2, 0.25) is 0 Å². The van der Waals surface area contributed by atoms with Crippen LogP contribution in [0, 0.1) is 0 Å². The molecule has 1 N–H and O–H groups in total. The van der Waals surface area contributed by atoms with E-state index >= 15 is 0 Å². The molecule has 1 aromatic heterocycles. The quantitative estimate of drug-likeness (QED) is 0.626. The van der Waals surface area contributed by atoms with Crippen molar-refractivity contribution in [3.63, 3.8) is 0 Å². The highest BCUT2D eigenvalue weighted by molar-refractivity contribution is 9.10. The van der Waals surface area contributed by atoms with Gasteiger partial charge in [0.25, 0.3) is 11.5 Å². The Morgan fingerprint density at radius 3 is 2.48 bits per heavy atom. The van der Waals surface area contributed by atoms with Crippen LogP contribution in [0.4, 0.5) is 5.69 Å². The van der Waals surface area contributed by atoms with E-state index in [1.807, 2.05) is 24.3 Å². The topological polar surface area (TPSA) is 68.2 Å². The fraction of sp³-hybridized carbons (Fsp3) is 0.0952. The zero-order valence-corrected chi connectivity index (χ0v) is 16.2. The van der Waals surface area contributed by atoms with Crippen molar-refractivity contribution < 1.29 is 9.59 Å². The lowest BCUT2D eigenvalue weighted by molar-refractivity contribution is 0.101. The van der Waals surface area contributed by atoms with Crippen molar-refractivity contribution in [2.45, 2.75) is 13.5 Å². The van der Waals surface area contributed by atoms with E-state index in [4.69, 9.17) is 0 Å². The lowest BCUT2D eigenvalue weighted by atomic mass is 10.1. The molecule has 0 fully saturated rings. The van der Waals surface area contributed by atoms with Gasteiger partial charge in [-0.15, -0.1) is 0 Å². The third-order valence-corrected chi connectivity index (χ3v) is 4.59. The van der Waals surface area contributed by atoms with Gasteiger partial charge in [0, 0.05) is 21.9 Å². The van der Waals surface area contributed by atoms with Crippen LogP contribution in [0.15, 0.2) is 76.1 Å². The molecule has 0 aliphatic rings. The molecular formula is C21H17BrN2O3. The van der Waals surface area contributed by atoms with Gasteiger partial charge in [-0.2, -0.15) is 0 Å². The van der Waals surface area contributed by atoms with Gasteiger partial charge in [-0.05, 0) is 48.9 Å². The maximum absolute atomic E-state index is 12.7. The summed E-state index contributed by atoms with van der Waals surface area (Å²) in [6, 6.07) is 17.4. The van der Waals surface area contributed by atoms with Crippen LogP contribution in [-0.2, 0) is 6.54 Å². The first-order valence-corrected chi connectivity index (χ1v) is 9.09. The van der Waals surface area contributed by atoms with Crippen molar-refractivity contribution in [2.75, 3.05) is 5.32 Å². The summed E-state index contributed by atoms with van der Waals surface area (Å²) in [7, 11) is 0. The summed E-state index contributed by atoms with van der Waals surface area (Å²) < 4.78 is 2.45. The molecular weight excluding hydrogens is 408 g/mol. The number of ketones is 1. The molecule has 0 radical (unpaired) electrons. The van der Waals surface area contributed by atoms with Gasteiger partial charge in [-0.3, -0.25) is 14.4 Å². The molecule has 0 atom stereocenters.